The summed E-state index contributed by atoms with van der Waals surface area (Å²) in [6.45, 7) is 9.53. The summed E-state index contributed by atoms with van der Waals surface area (Å²) in [5.41, 5.74) is 6.88. The largest absolute Gasteiger partial charge is 0.328 e. The molecule has 1 aliphatic rings. The van der Waals surface area contributed by atoms with Gasteiger partial charge in [-0.2, -0.15) is 4.31 Å². The van der Waals surface area contributed by atoms with Crippen molar-refractivity contribution in [3.05, 3.63) is 77.8 Å². The summed E-state index contributed by atoms with van der Waals surface area (Å²) in [5, 5.41) is 0. The van der Waals surface area contributed by atoms with Gasteiger partial charge >= 0.3 is 6.03 Å². The number of hydrogen-bond donors (Lipinski definition) is 1. The minimum absolute atomic E-state index is 0.0334. The van der Waals surface area contributed by atoms with Crippen LogP contribution in [0.3, 0.4) is 0 Å². The lowest BCUT2D eigenvalue weighted by atomic mass is 9.84. The average molecular weight is 617 g/mol. The van der Waals surface area contributed by atoms with Crippen molar-refractivity contribution in [2.45, 2.75) is 52.7 Å². The van der Waals surface area contributed by atoms with E-state index in [9.17, 15) is 22.0 Å². The highest BCUT2D eigenvalue weighted by atomic mass is 32.2. The highest BCUT2D eigenvalue weighted by Crippen LogP contribution is 2.40. The molecule has 9 nitrogen and oxygen atoms in total. The first kappa shape index (κ1) is 32.6. The van der Waals surface area contributed by atoms with Crippen molar-refractivity contribution in [2.24, 2.45) is 11.1 Å². The smallest absolute Gasteiger partial charge is 0.320 e. The topological polar surface area (TPSA) is 105 Å². The minimum atomic E-state index is -3.37. The van der Waals surface area contributed by atoms with Gasteiger partial charge in [-0.05, 0) is 42.5 Å². The number of carbonyl (C=O) groups is 1. The van der Waals surface area contributed by atoms with Crippen LogP contribution in [0.4, 0.5) is 13.6 Å². The first-order valence-electron chi connectivity index (χ1n) is 14.5. The zero-order valence-electron chi connectivity index (χ0n) is 25.5. The normalized spacial score (nSPS) is 16.2. The number of nitrogens with two attached hydrogens (primary N) is 1. The van der Waals surface area contributed by atoms with Crippen LogP contribution in [0.25, 0.3) is 11.3 Å². The molecule has 0 bridgehead atoms. The van der Waals surface area contributed by atoms with E-state index < -0.39 is 33.1 Å². The number of hydrogen-bond acceptors (Lipinski definition) is 5. The molecule has 43 heavy (non-hydrogen) atoms. The van der Waals surface area contributed by atoms with E-state index in [0.29, 0.717) is 25.3 Å². The Kier molecular flexibility index (Phi) is 9.93. The van der Waals surface area contributed by atoms with E-state index >= 15 is 0 Å². The fourth-order valence-electron chi connectivity index (χ4n) is 5.44. The molecule has 0 spiro atoms. The summed E-state index contributed by atoms with van der Waals surface area (Å²) in [5.74, 6) is -0.647. The van der Waals surface area contributed by atoms with E-state index in [2.05, 4.69) is 0 Å². The van der Waals surface area contributed by atoms with Gasteiger partial charge in [0.15, 0.2) is 0 Å². The van der Waals surface area contributed by atoms with Crippen LogP contribution in [0.2, 0.25) is 0 Å². The fourth-order valence-corrected chi connectivity index (χ4v) is 6.27. The number of nitrogens with zero attached hydrogens (tertiary/aromatic N) is 5. The fraction of sp³-hybridized carbons (Fsp3) is 0.484. The number of sulfonamides is 1. The Morgan fingerprint density at radius 2 is 1.72 bits per heavy atom. The average Bonchev–Trinajstić information content (AvgIpc) is 3.33. The van der Waals surface area contributed by atoms with Crippen molar-refractivity contribution in [2.75, 3.05) is 39.0 Å². The van der Waals surface area contributed by atoms with Crippen molar-refractivity contribution >= 4 is 16.1 Å². The third-order valence-electron chi connectivity index (χ3n) is 7.63. The first-order valence-corrected chi connectivity index (χ1v) is 16.3. The number of piperazine rings is 1. The number of carbonyl (C=O) groups excluding carboxylic acids is 1. The van der Waals surface area contributed by atoms with E-state index in [-0.39, 0.29) is 49.5 Å². The van der Waals surface area contributed by atoms with Crippen LogP contribution >= 0.6 is 0 Å². The lowest BCUT2D eigenvalue weighted by Gasteiger charge is -2.43. The number of halogens is 2. The number of aromatic nitrogens is 2. The van der Waals surface area contributed by atoms with Gasteiger partial charge in [-0.15, -0.1) is 0 Å². The van der Waals surface area contributed by atoms with Crippen molar-refractivity contribution < 1.29 is 22.0 Å². The summed E-state index contributed by atoms with van der Waals surface area (Å²) >= 11 is 0. The molecule has 1 fully saturated rings. The van der Waals surface area contributed by atoms with Crippen molar-refractivity contribution in [1.82, 2.24) is 23.7 Å². The molecular weight excluding hydrogens is 574 g/mol. The molecule has 234 valence electrons. The maximum atomic E-state index is 15.0. The van der Waals surface area contributed by atoms with Crippen LogP contribution in [0.15, 0.2) is 54.7 Å². The molecule has 2 amide bonds. The zero-order chi connectivity index (χ0) is 31.5. The molecule has 4 rings (SSSR count). The van der Waals surface area contributed by atoms with E-state index in [1.54, 1.807) is 16.0 Å². The van der Waals surface area contributed by atoms with Crippen LogP contribution in [-0.2, 0) is 16.6 Å². The Balaban J connectivity index is 1.81. The zero-order valence-corrected chi connectivity index (χ0v) is 26.3. The molecule has 0 aliphatic carbocycles. The lowest BCUT2D eigenvalue weighted by molar-refractivity contribution is 0.0743. The number of imidazole rings is 1. The molecule has 0 saturated carbocycles. The van der Waals surface area contributed by atoms with Gasteiger partial charge in [0.1, 0.15) is 17.5 Å². The molecule has 12 heteroatoms. The third-order valence-corrected chi connectivity index (χ3v) is 8.94. The van der Waals surface area contributed by atoms with Gasteiger partial charge in [-0.1, -0.05) is 51.1 Å². The summed E-state index contributed by atoms with van der Waals surface area (Å²) < 4.78 is 56.7. The van der Waals surface area contributed by atoms with E-state index in [1.807, 2.05) is 62.6 Å². The number of rotatable bonds is 9. The van der Waals surface area contributed by atoms with Crippen LogP contribution < -0.4 is 5.73 Å². The SMILES string of the molecule is C[C@@H](N)CCN(C(=O)N1CCN(S(C)(=O)=O)CC1)[C@@H](c1nc(-c2cc(F)ccc2F)cn1Cc1ccccc1)C(C)(C)C. The van der Waals surface area contributed by atoms with Gasteiger partial charge < -0.3 is 20.1 Å². The Bertz CT molecular complexity index is 1510. The van der Waals surface area contributed by atoms with Crippen LogP contribution in [0, 0.1) is 17.0 Å². The Morgan fingerprint density at radius 3 is 2.30 bits per heavy atom. The van der Waals surface area contributed by atoms with Gasteiger partial charge in [-0.3, -0.25) is 0 Å². The highest BCUT2D eigenvalue weighted by molar-refractivity contribution is 7.88. The van der Waals surface area contributed by atoms with Gasteiger partial charge in [-0.25, -0.2) is 27.0 Å². The van der Waals surface area contributed by atoms with Crippen molar-refractivity contribution in [3.8, 4) is 11.3 Å². The molecule has 2 atom stereocenters. The third kappa shape index (κ3) is 7.98. The predicted molar refractivity (Wildman–Crippen MR) is 164 cm³/mol. The monoisotopic (exact) mass is 616 g/mol. The number of benzene rings is 2. The molecule has 1 aliphatic heterocycles. The Labute approximate surface area is 253 Å². The molecule has 2 heterocycles. The molecule has 0 unspecified atom stereocenters. The van der Waals surface area contributed by atoms with Gasteiger partial charge in [0.05, 0.1) is 18.0 Å². The standard InChI is InChI=1S/C31H42F2N6O3S/c1-22(34)13-14-39(30(40)36-15-17-38(18-16-36)43(5,41)42)28(31(2,3)4)29-35-27(25-19-24(32)11-12-26(25)33)21-37(29)20-23-9-7-6-8-10-23/h6-12,19,21-22,28H,13-18,20,34H2,1-5H3/t22-,28+/m1/s1. The predicted octanol–water partition coefficient (Wildman–Crippen LogP) is 4.70. The maximum Gasteiger partial charge on any atom is 0.320 e. The van der Waals surface area contributed by atoms with Crippen LogP contribution in [-0.4, -0.2) is 83.1 Å². The van der Waals surface area contributed by atoms with Crippen LogP contribution in [0.1, 0.15) is 51.5 Å². The van der Waals surface area contributed by atoms with E-state index in [1.165, 1.54) is 10.6 Å². The second-order valence-electron chi connectivity index (χ2n) is 12.4. The van der Waals surface area contributed by atoms with Gasteiger partial charge in [0, 0.05) is 57.1 Å². The summed E-state index contributed by atoms with van der Waals surface area (Å²) in [7, 11) is -3.37. The van der Waals surface area contributed by atoms with Gasteiger partial charge in [0.2, 0.25) is 10.0 Å². The molecular formula is C31H42F2N6O3S. The molecule has 3 aromatic rings. The molecule has 2 aromatic carbocycles. The number of amides is 2. The molecule has 1 saturated heterocycles. The second kappa shape index (κ2) is 13.1. The maximum absolute atomic E-state index is 15.0. The van der Waals surface area contributed by atoms with E-state index in [4.69, 9.17) is 10.7 Å². The molecule has 2 N–H and O–H groups in total. The quantitative estimate of drug-likeness (QED) is 0.375. The first-order chi connectivity index (χ1) is 20.1. The second-order valence-corrected chi connectivity index (χ2v) is 14.4. The van der Waals surface area contributed by atoms with E-state index in [0.717, 1.165) is 23.8 Å². The van der Waals surface area contributed by atoms with Crippen molar-refractivity contribution in [3.63, 3.8) is 0 Å². The van der Waals surface area contributed by atoms with Crippen LogP contribution in [0.5, 0.6) is 0 Å². The summed E-state index contributed by atoms with van der Waals surface area (Å²) in [6.07, 6.45) is 3.39. The Hall–Kier alpha value is -3.35. The minimum Gasteiger partial charge on any atom is -0.328 e. The number of urea groups is 1. The Morgan fingerprint density at radius 1 is 1.07 bits per heavy atom. The lowest BCUT2D eigenvalue weighted by Crippen LogP contribution is -2.56. The molecule has 0 radical (unpaired) electrons. The molecule has 1 aromatic heterocycles. The highest BCUT2D eigenvalue weighted by Gasteiger charge is 2.41. The van der Waals surface area contributed by atoms with Gasteiger partial charge in [0.25, 0.3) is 0 Å². The summed E-state index contributed by atoms with van der Waals surface area (Å²) in [4.78, 5) is 22.6. The summed E-state index contributed by atoms with van der Waals surface area (Å²) in [6, 6.07) is 12.0. The van der Waals surface area contributed by atoms with Crippen molar-refractivity contribution in [1.29, 1.82) is 0 Å².